The smallest absolute Gasteiger partial charge is 0.358 e. The van der Waals surface area contributed by atoms with Crippen LogP contribution in [0.3, 0.4) is 0 Å². The predicted octanol–water partition coefficient (Wildman–Crippen LogP) is 4.30. The lowest BCUT2D eigenvalue weighted by molar-refractivity contribution is -0.130. The molecule has 3 rings (SSSR count). The summed E-state index contributed by atoms with van der Waals surface area (Å²) in [6, 6.07) is 7.58. The number of ether oxygens (including phenoxy) is 2. The number of benzene rings is 1. The van der Waals surface area contributed by atoms with E-state index in [1.54, 1.807) is 19.4 Å². The summed E-state index contributed by atoms with van der Waals surface area (Å²) >= 11 is 1.36. The van der Waals surface area contributed by atoms with Crippen LogP contribution in [0.4, 0.5) is 0 Å². The van der Waals surface area contributed by atoms with Gasteiger partial charge in [0.15, 0.2) is 11.8 Å². The summed E-state index contributed by atoms with van der Waals surface area (Å²) in [7, 11) is 1.61. The standard InChI is InChI=1S/C22H28N2O4S/c1-13-6-5-7-18(14(13)2)23-20(25)15(3)28-22(26)19-12-29-21(24-19)16-8-10-17(27-4)11-9-16/h8-15,18H,5-7H2,1-4H3,(H,23,25)/t13-,14-,15-,18-/m1/s1. The molecule has 6 nitrogen and oxygen atoms in total. The molecule has 1 amide bonds. The summed E-state index contributed by atoms with van der Waals surface area (Å²) in [4.78, 5) is 29.3. The van der Waals surface area contributed by atoms with Gasteiger partial charge in [0.1, 0.15) is 10.8 Å². The lowest BCUT2D eigenvalue weighted by Gasteiger charge is -2.35. The molecule has 1 heterocycles. The molecule has 2 aromatic rings. The fourth-order valence-electron chi connectivity index (χ4n) is 3.59. The van der Waals surface area contributed by atoms with Crippen molar-refractivity contribution in [3.63, 3.8) is 0 Å². The van der Waals surface area contributed by atoms with E-state index in [4.69, 9.17) is 9.47 Å². The molecule has 1 fully saturated rings. The number of carbonyl (C=O) groups excluding carboxylic acids is 2. The molecular weight excluding hydrogens is 388 g/mol. The first-order valence-electron chi connectivity index (χ1n) is 10.0. The first kappa shape index (κ1) is 21.3. The van der Waals surface area contributed by atoms with Crippen molar-refractivity contribution in [3.05, 3.63) is 35.3 Å². The lowest BCUT2D eigenvalue weighted by Crippen LogP contribution is -2.47. The molecule has 0 aliphatic heterocycles. The number of methoxy groups -OCH3 is 1. The molecule has 0 bridgehead atoms. The van der Waals surface area contributed by atoms with Crippen LogP contribution in [0.25, 0.3) is 10.6 Å². The van der Waals surface area contributed by atoms with Crippen LogP contribution in [-0.4, -0.2) is 36.1 Å². The number of carbonyl (C=O) groups is 2. The molecule has 7 heteroatoms. The maximum absolute atomic E-state index is 12.5. The molecule has 1 aromatic carbocycles. The molecule has 1 aliphatic rings. The van der Waals surface area contributed by atoms with Crippen LogP contribution in [0.15, 0.2) is 29.6 Å². The zero-order chi connectivity index (χ0) is 21.0. The number of amides is 1. The van der Waals surface area contributed by atoms with E-state index in [-0.39, 0.29) is 17.6 Å². The summed E-state index contributed by atoms with van der Waals surface area (Å²) in [6.45, 7) is 5.98. The number of hydrogen-bond donors (Lipinski definition) is 1. The molecule has 0 unspecified atom stereocenters. The molecule has 1 aromatic heterocycles. The molecule has 0 radical (unpaired) electrons. The number of nitrogens with one attached hydrogen (secondary N) is 1. The van der Waals surface area contributed by atoms with Gasteiger partial charge in [0.05, 0.1) is 7.11 Å². The Morgan fingerprint density at radius 2 is 1.93 bits per heavy atom. The lowest BCUT2D eigenvalue weighted by atomic mass is 9.78. The van der Waals surface area contributed by atoms with Crippen molar-refractivity contribution in [1.29, 1.82) is 0 Å². The van der Waals surface area contributed by atoms with E-state index < -0.39 is 12.1 Å². The SMILES string of the molecule is COc1ccc(-c2nc(C(=O)O[C@H](C)C(=O)N[C@@H]3CCC[C@@H](C)[C@H]3C)cs2)cc1. The van der Waals surface area contributed by atoms with Crippen LogP contribution >= 0.6 is 11.3 Å². The second kappa shape index (κ2) is 9.39. The molecule has 0 saturated heterocycles. The molecular formula is C22H28N2O4S. The fraction of sp³-hybridized carbons (Fsp3) is 0.500. The van der Waals surface area contributed by atoms with Gasteiger partial charge in [0.2, 0.25) is 0 Å². The Hall–Kier alpha value is -2.41. The van der Waals surface area contributed by atoms with Crippen molar-refractivity contribution < 1.29 is 19.1 Å². The molecule has 4 atom stereocenters. The normalized spacial score (nSPS) is 22.6. The molecule has 1 N–H and O–H groups in total. The number of esters is 1. The van der Waals surface area contributed by atoms with E-state index in [1.807, 2.05) is 24.3 Å². The molecule has 1 aliphatic carbocycles. The largest absolute Gasteiger partial charge is 0.497 e. The number of hydrogen-bond acceptors (Lipinski definition) is 6. The summed E-state index contributed by atoms with van der Waals surface area (Å²) in [5.74, 6) is 0.912. The summed E-state index contributed by atoms with van der Waals surface area (Å²) in [5.41, 5.74) is 1.10. The van der Waals surface area contributed by atoms with Gasteiger partial charge in [0, 0.05) is 17.0 Å². The predicted molar refractivity (Wildman–Crippen MR) is 113 cm³/mol. The quantitative estimate of drug-likeness (QED) is 0.710. The Kier molecular flexibility index (Phi) is 6.90. The van der Waals surface area contributed by atoms with Gasteiger partial charge in [-0.2, -0.15) is 0 Å². The Morgan fingerprint density at radius 3 is 2.62 bits per heavy atom. The fourth-order valence-corrected chi connectivity index (χ4v) is 4.39. The Morgan fingerprint density at radius 1 is 1.21 bits per heavy atom. The monoisotopic (exact) mass is 416 g/mol. The van der Waals surface area contributed by atoms with Crippen LogP contribution in [0.2, 0.25) is 0 Å². The van der Waals surface area contributed by atoms with Crippen LogP contribution in [0.5, 0.6) is 5.75 Å². The zero-order valence-corrected chi connectivity index (χ0v) is 18.1. The van der Waals surface area contributed by atoms with Gasteiger partial charge in [-0.1, -0.05) is 26.7 Å². The van der Waals surface area contributed by atoms with Crippen LogP contribution in [0.1, 0.15) is 50.5 Å². The van der Waals surface area contributed by atoms with Gasteiger partial charge in [-0.05, 0) is 49.4 Å². The van der Waals surface area contributed by atoms with Gasteiger partial charge in [0.25, 0.3) is 5.91 Å². The second-order valence-corrected chi connectivity index (χ2v) is 8.55. The molecule has 1 saturated carbocycles. The van der Waals surface area contributed by atoms with E-state index >= 15 is 0 Å². The molecule has 156 valence electrons. The van der Waals surface area contributed by atoms with E-state index in [2.05, 4.69) is 24.1 Å². The summed E-state index contributed by atoms with van der Waals surface area (Å²) in [5, 5.41) is 5.41. The average molecular weight is 417 g/mol. The Labute approximate surface area is 175 Å². The van der Waals surface area contributed by atoms with Gasteiger partial charge < -0.3 is 14.8 Å². The van der Waals surface area contributed by atoms with Crippen molar-refractivity contribution >= 4 is 23.2 Å². The average Bonchev–Trinajstić information content (AvgIpc) is 3.22. The van der Waals surface area contributed by atoms with Crippen molar-refractivity contribution in [2.75, 3.05) is 7.11 Å². The third-order valence-corrected chi connectivity index (χ3v) is 6.63. The van der Waals surface area contributed by atoms with Gasteiger partial charge >= 0.3 is 5.97 Å². The van der Waals surface area contributed by atoms with E-state index in [0.29, 0.717) is 16.8 Å². The zero-order valence-electron chi connectivity index (χ0n) is 17.3. The molecule has 0 spiro atoms. The maximum atomic E-state index is 12.5. The maximum Gasteiger partial charge on any atom is 0.358 e. The third-order valence-electron chi connectivity index (χ3n) is 5.74. The number of thiazole rings is 1. The first-order chi connectivity index (χ1) is 13.9. The Bertz CT molecular complexity index is 849. The van der Waals surface area contributed by atoms with Gasteiger partial charge in [-0.3, -0.25) is 4.79 Å². The van der Waals surface area contributed by atoms with Crippen molar-refractivity contribution in [2.24, 2.45) is 11.8 Å². The van der Waals surface area contributed by atoms with E-state index in [9.17, 15) is 9.59 Å². The van der Waals surface area contributed by atoms with Gasteiger partial charge in [-0.25, -0.2) is 9.78 Å². The topological polar surface area (TPSA) is 77.5 Å². The van der Waals surface area contributed by atoms with Crippen molar-refractivity contribution in [1.82, 2.24) is 10.3 Å². The minimum Gasteiger partial charge on any atom is -0.497 e. The van der Waals surface area contributed by atoms with Crippen molar-refractivity contribution in [2.45, 2.75) is 52.2 Å². The highest BCUT2D eigenvalue weighted by Crippen LogP contribution is 2.30. The summed E-state index contributed by atoms with van der Waals surface area (Å²) in [6.07, 6.45) is 2.41. The van der Waals surface area contributed by atoms with Gasteiger partial charge in [-0.15, -0.1) is 11.3 Å². The number of nitrogens with zero attached hydrogens (tertiary/aromatic N) is 1. The number of aromatic nitrogens is 1. The third kappa shape index (κ3) is 5.15. The van der Waals surface area contributed by atoms with Crippen LogP contribution in [0, 0.1) is 11.8 Å². The van der Waals surface area contributed by atoms with E-state index in [0.717, 1.165) is 24.2 Å². The highest BCUT2D eigenvalue weighted by atomic mass is 32.1. The van der Waals surface area contributed by atoms with E-state index in [1.165, 1.54) is 17.8 Å². The Balaban J connectivity index is 1.58. The van der Waals surface area contributed by atoms with Crippen molar-refractivity contribution in [3.8, 4) is 16.3 Å². The highest BCUT2D eigenvalue weighted by molar-refractivity contribution is 7.13. The minimum atomic E-state index is -0.863. The first-order valence-corrected chi connectivity index (χ1v) is 10.9. The number of rotatable bonds is 6. The highest BCUT2D eigenvalue weighted by Gasteiger charge is 2.30. The summed E-state index contributed by atoms with van der Waals surface area (Å²) < 4.78 is 10.5. The van der Waals surface area contributed by atoms with Crippen LogP contribution in [-0.2, 0) is 9.53 Å². The minimum absolute atomic E-state index is 0.133. The second-order valence-electron chi connectivity index (χ2n) is 7.70. The van der Waals surface area contributed by atoms with Crippen LogP contribution < -0.4 is 10.1 Å². The molecule has 29 heavy (non-hydrogen) atoms.